The molecule has 0 bridgehead atoms. The molecule has 23 heavy (non-hydrogen) atoms. The summed E-state index contributed by atoms with van der Waals surface area (Å²) in [7, 11) is 0. The third kappa shape index (κ3) is 16.3. The predicted octanol–water partition coefficient (Wildman–Crippen LogP) is 1.15. The number of carboxylic acids is 1. The van der Waals surface area contributed by atoms with Crippen LogP contribution in [0.2, 0.25) is 0 Å². The molecular formula is C19H38KNO2. The van der Waals surface area contributed by atoms with Crippen molar-refractivity contribution >= 4 is 5.97 Å². The Kier molecular flexibility index (Phi) is 22.2. The minimum absolute atomic E-state index is 0. The zero-order valence-electron chi connectivity index (χ0n) is 16.2. The summed E-state index contributed by atoms with van der Waals surface area (Å²) in [6, 6.07) is -0.453. The number of carbonyl (C=O) groups excluding carboxylic acids is 1. The molecule has 0 saturated heterocycles. The van der Waals surface area contributed by atoms with E-state index in [9.17, 15) is 9.90 Å². The fourth-order valence-corrected chi connectivity index (χ4v) is 2.84. The van der Waals surface area contributed by atoms with Gasteiger partial charge in [0.25, 0.3) is 0 Å². The van der Waals surface area contributed by atoms with Crippen LogP contribution >= 0.6 is 0 Å². The first-order valence-corrected chi connectivity index (χ1v) is 9.58. The number of rotatable bonds is 16. The van der Waals surface area contributed by atoms with Crippen molar-refractivity contribution in [3.05, 3.63) is 0 Å². The molecule has 4 heteroatoms. The van der Waals surface area contributed by atoms with Crippen LogP contribution in [0.25, 0.3) is 0 Å². The maximum Gasteiger partial charge on any atom is 1.00 e. The summed E-state index contributed by atoms with van der Waals surface area (Å²) < 4.78 is 0. The Balaban J connectivity index is 0. The fourth-order valence-electron chi connectivity index (χ4n) is 2.84. The van der Waals surface area contributed by atoms with Crippen LogP contribution in [0, 0.1) is 0 Å². The molecule has 0 heterocycles. The minimum atomic E-state index is -0.933. The van der Waals surface area contributed by atoms with Crippen LogP contribution in [-0.4, -0.2) is 30.0 Å². The largest absolute Gasteiger partial charge is 1.00 e. The quantitative estimate of drug-likeness (QED) is 0.309. The first-order valence-electron chi connectivity index (χ1n) is 9.58. The molecule has 3 nitrogen and oxygen atoms in total. The Bertz CT molecular complexity index is 246. The predicted molar refractivity (Wildman–Crippen MR) is 92.8 cm³/mol. The first-order chi connectivity index (χ1) is 10.6. The van der Waals surface area contributed by atoms with Gasteiger partial charge < -0.3 is 9.90 Å². The monoisotopic (exact) mass is 351 g/mol. The molecule has 0 saturated carbocycles. The van der Waals surface area contributed by atoms with Gasteiger partial charge in [0.05, 0.1) is 5.97 Å². The van der Waals surface area contributed by atoms with Gasteiger partial charge in [0.15, 0.2) is 0 Å². The van der Waals surface area contributed by atoms with Crippen molar-refractivity contribution in [3.63, 3.8) is 0 Å². The molecule has 0 aromatic heterocycles. The number of carbonyl (C=O) groups is 1. The minimum Gasteiger partial charge on any atom is -0.548 e. The summed E-state index contributed by atoms with van der Waals surface area (Å²) in [5.41, 5.74) is 0. The van der Waals surface area contributed by atoms with E-state index in [1.807, 2.05) is 0 Å². The Morgan fingerprint density at radius 1 is 0.783 bits per heavy atom. The molecule has 0 rings (SSSR count). The molecule has 132 valence electrons. The molecule has 0 amide bonds. The van der Waals surface area contributed by atoms with Gasteiger partial charge in [-0.05, 0) is 32.9 Å². The third-order valence-electron chi connectivity index (χ3n) is 4.49. The van der Waals surface area contributed by atoms with E-state index in [1.165, 1.54) is 64.2 Å². The van der Waals surface area contributed by atoms with Gasteiger partial charge in [-0.3, -0.25) is 4.90 Å². The van der Waals surface area contributed by atoms with Crippen molar-refractivity contribution in [1.29, 1.82) is 0 Å². The van der Waals surface area contributed by atoms with E-state index in [4.69, 9.17) is 0 Å². The van der Waals surface area contributed by atoms with Crippen LogP contribution in [0.15, 0.2) is 0 Å². The molecule has 0 radical (unpaired) electrons. The molecule has 0 N–H and O–H groups in total. The molecule has 0 aliphatic carbocycles. The van der Waals surface area contributed by atoms with Crippen molar-refractivity contribution in [2.45, 2.75) is 104 Å². The molecule has 0 aliphatic heterocycles. The van der Waals surface area contributed by atoms with Crippen molar-refractivity contribution in [2.75, 3.05) is 13.1 Å². The van der Waals surface area contributed by atoms with Crippen molar-refractivity contribution < 1.29 is 61.3 Å². The average molecular weight is 352 g/mol. The van der Waals surface area contributed by atoms with E-state index in [-0.39, 0.29) is 51.4 Å². The van der Waals surface area contributed by atoms with E-state index in [0.29, 0.717) is 0 Å². The SMILES string of the molecule is CCCCCCCCN(CCCCCCCC)C(C)C(=O)[O-].[K+]. The van der Waals surface area contributed by atoms with Crippen molar-refractivity contribution in [1.82, 2.24) is 4.90 Å². The summed E-state index contributed by atoms with van der Waals surface area (Å²) in [6.45, 7) is 8.02. The van der Waals surface area contributed by atoms with Crippen LogP contribution in [0.5, 0.6) is 0 Å². The number of carboxylic acid groups (broad SMARTS) is 1. The standard InChI is InChI=1S/C19H39NO2.K/c1-4-6-8-10-12-14-16-20(18(3)19(21)22)17-15-13-11-9-7-5-2;/h18H,4-17H2,1-3H3,(H,21,22);/q;+1/p-1. The smallest absolute Gasteiger partial charge is 0.548 e. The summed E-state index contributed by atoms with van der Waals surface area (Å²) in [6.07, 6.45) is 15.0. The third-order valence-corrected chi connectivity index (χ3v) is 4.49. The first kappa shape index (κ1) is 26.3. The van der Waals surface area contributed by atoms with Crippen LogP contribution in [-0.2, 0) is 4.79 Å². The second-order valence-electron chi connectivity index (χ2n) is 6.57. The van der Waals surface area contributed by atoms with E-state index in [2.05, 4.69) is 18.7 Å². The topological polar surface area (TPSA) is 43.4 Å². The maximum atomic E-state index is 11.1. The van der Waals surface area contributed by atoms with Crippen LogP contribution < -0.4 is 56.5 Å². The summed E-state index contributed by atoms with van der Waals surface area (Å²) in [5.74, 6) is -0.933. The normalized spacial score (nSPS) is 12.2. The number of hydrogen-bond acceptors (Lipinski definition) is 3. The molecule has 0 spiro atoms. The van der Waals surface area contributed by atoms with Crippen LogP contribution in [0.4, 0.5) is 0 Å². The Labute approximate surface area is 187 Å². The van der Waals surface area contributed by atoms with Crippen LogP contribution in [0.3, 0.4) is 0 Å². The summed E-state index contributed by atoms with van der Waals surface area (Å²) in [5, 5.41) is 11.1. The Hall–Kier alpha value is 1.07. The molecule has 0 aromatic carbocycles. The van der Waals surface area contributed by atoms with E-state index < -0.39 is 12.0 Å². The van der Waals surface area contributed by atoms with Crippen LogP contribution in [0.1, 0.15) is 97.8 Å². The fraction of sp³-hybridized carbons (Fsp3) is 0.947. The zero-order valence-corrected chi connectivity index (χ0v) is 19.4. The van der Waals surface area contributed by atoms with Gasteiger partial charge >= 0.3 is 51.4 Å². The molecule has 0 aliphatic rings. The summed E-state index contributed by atoms with van der Waals surface area (Å²) in [4.78, 5) is 13.2. The Morgan fingerprint density at radius 3 is 1.48 bits per heavy atom. The average Bonchev–Trinajstić information content (AvgIpc) is 2.51. The van der Waals surface area contributed by atoms with E-state index in [0.717, 1.165) is 25.9 Å². The van der Waals surface area contributed by atoms with Gasteiger partial charge in [0.1, 0.15) is 0 Å². The second-order valence-corrected chi connectivity index (χ2v) is 6.57. The maximum absolute atomic E-state index is 11.1. The molecule has 1 unspecified atom stereocenters. The van der Waals surface area contributed by atoms with Gasteiger partial charge in [-0.1, -0.05) is 78.1 Å². The van der Waals surface area contributed by atoms with Gasteiger partial charge in [-0.15, -0.1) is 0 Å². The zero-order chi connectivity index (χ0) is 16.6. The van der Waals surface area contributed by atoms with Crippen molar-refractivity contribution in [2.24, 2.45) is 0 Å². The summed E-state index contributed by atoms with van der Waals surface area (Å²) >= 11 is 0. The number of unbranched alkanes of at least 4 members (excludes halogenated alkanes) is 10. The van der Waals surface area contributed by atoms with Gasteiger partial charge in [-0.25, -0.2) is 0 Å². The molecule has 0 fully saturated rings. The van der Waals surface area contributed by atoms with Gasteiger partial charge in [0, 0.05) is 6.04 Å². The molecule has 0 aromatic rings. The van der Waals surface area contributed by atoms with Crippen molar-refractivity contribution in [3.8, 4) is 0 Å². The molecule has 1 atom stereocenters. The number of aliphatic carboxylic acids is 1. The van der Waals surface area contributed by atoms with E-state index >= 15 is 0 Å². The second kappa shape index (κ2) is 19.4. The number of hydrogen-bond donors (Lipinski definition) is 0. The van der Waals surface area contributed by atoms with Gasteiger partial charge in [-0.2, -0.15) is 0 Å². The molecular weight excluding hydrogens is 313 g/mol. The number of nitrogens with zero attached hydrogens (tertiary/aromatic N) is 1. The Morgan fingerprint density at radius 2 is 1.13 bits per heavy atom. The van der Waals surface area contributed by atoms with Gasteiger partial charge in [0.2, 0.25) is 0 Å². The van der Waals surface area contributed by atoms with E-state index in [1.54, 1.807) is 6.92 Å².